The van der Waals surface area contributed by atoms with Crippen LogP contribution in [0.5, 0.6) is 0 Å². The molecule has 0 aliphatic carbocycles. The highest BCUT2D eigenvalue weighted by Crippen LogP contribution is 2.21. The van der Waals surface area contributed by atoms with Crippen LogP contribution in [0.1, 0.15) is 117 Å². The van der Waals surface area contributed by atoms with Crippen molar-refractivity contribution >= 4 is 93.7 Å². The van der Waals surface area contributed by atoms with Crippen LogP contribution in [0.3, 0.4) is 0 Å². The summed E-state index contributed by atoms with van der Waals surface area (Å²) in [6.45, 7) is 9.47. The van der Waals surface area contributed by atoms with Gasteiger partial charge in [0.15, 0.2) is 0 Å². The summed E-state index contributed by atoms with van der Waals surface area (Å²) in [5.41, 5.74) is 19.2. The summed E-state index contributed by atoms with van der Waals surface area (Å²) in [6, 6.07) is 4.52. The predicted octanol–water partition coefficient (Wildman–Crippen LogP) is -3.08. The second-order valence-corrected chi connectivity index (χ2v) is 27.0. The highest BCUT2D eigenvalue weighted by Gasteiger charge is 2.39. The van der Waals surface area contributed by atoms with Crippen LogP contribution in [0.25, 0.3) is 10.9 Å². The topological polar surface area (TPSA) is 566 Å². The number of carbonyl (C=O) groups excluding carboxylic acids is 12. The van der Waals surface area contributed by atoms with E-state index in [0.29, 0.717) is 40.4 Å². The maximum Gasteiger partial charge on any atom is 0.326 e. The number of fused-ring (bicyclic) bond motifs is 1. The maximum atomic E-state index is 14.5. The molecule has 0 radical (unpaired) electrons. The van der Waals surface area contributed by atoms with Gasteiger partial charge >= 0.3 is 11.9 Å². The van der Waals surface area contributed by atoms with E-state index in [1.807, 2.05) is 0 Å². The zero-order valence-corrected chi connectivity index (χ0v) is 60.0. The Morgan fingerprint density at radius 1 is 0.419 bits per heavy atom. The van der Waals surface area contributed by atoms with Gasteiger partial charge in [-0.05, 0) is 92.5 Å². The Labute approximate surface area is 607 Å². The maximum absolute atomic E-state index is 14.5. The average Bonchev–Trinajstić information content (AvgIpc) is 1.74. The number of carbonyl (C=O) groups is 14. The molecule has 0 aliphatic heterocycles. The van der Waals surface area contributed by atoms with Crippen molar-refractivity contribution in [3.8, 4) is 0 Å². The fraction of sp³-hybridized carbons (Fsp3) is 0.521. The van der Waals surface area contributed by atoms with Crippen LogP contribution in [0.4, 0.5) is 0 Å². The van der Waals surface area contributed by atoms with Crippen molar-refractivity contribution in [3.05, 3.63) is 108 Å². The first-order valence-electron chi connectivity index (χ1n) is 34.7. The number of carboxylic acids is 2. The van der Waals surface area contributed by atoms with Crippen molar-refractivity contribution in [1.82, 2.24) is 63.5 Å². The summed E-state index contributed by atoms with van der Waals surface area (Å²) in [7, 11) is 0. The smallest absolute Gasteiger partial charge is 0.326 e. The normalized spacial score (nSPS) is 15.0. The Bertz CT molecular complexity index is 3600. The van der Waals surface area contributed by atoms with E-state index in [2.05, 4.69) is 63.5 Å². The number of unbranched alkanes of at least 4 members (excludes halogenated alkanes) is 1. The number of primary amides is 1. The quantitative estimate of drug-likeness (QED) is 0.0195. The minimum absolute atomic E-state index is 0.00663. The number of aliphatic hydroxyl groups excluding tert-OH is 3. The van der Waals surface area contributed by atoms with E-state index >= 15 is 0 Å². The van der Waals surface area contributed by atoms with Crippen molar-refractivity contribution in [2.75, 3.05) is 19.8 Å². The lowest BCUT2D eigenvalue weighted by Crippen LogP contribution is -2.63. The molecule has 13 atom stereocenters. The molecular formula is C71H103N15O19. The number of hydrogen-bond acceptors (Lipinski definition) is 19. The largest absolute Gasteiger partial charge is 0.481 e. The molecule has 34 nitrogen and oxygen atoms in total. The van der Waals surface area contributed by atoms with E-state index < -0.39 is 187 Å². The van der Waals surface area contributed by atoms with E-state index in [-0.39, 0.29) is 69.2 Å². The van der Waals surface area contributed by atoms with Crippen LogP contribution in [0.2, 0.25) is 0 Å². The molecule has 1 aromatic heterocycles. The third kappa shape index (κ3) is 29.7. The molecule has 0 saturated heterocycles. The molecule has 576 valence electrons. The standard InChI is InChI=1S/C71H103N15O19/c1-37(2)26-48(62(95)76-47(24-16-17-25-72)61(94)82-53(66(99)83-54(71(104)105)33-57(74)90)31-43-34-75-46-23-15-14-22-44(43)46)78-63(96)49(27-38(3)4)79-64(97)50(28-39(5)6)80-68(101)55(35-87)84-69(102)56(36-88)85-70(103)59(40(7)89)86-67(100)52(30-42-20-12-9-13-21-42)81-65(98)51(29-41-18-10-8-11-19-41)77-60(93)45(73)32-58(91)92/h8-15,18-23,34,37-40,45,47-56,59,75,87-89H,16-17,24-33,35-36,72-73H2,1-7H3,(H2,74,90)(H,76,95)(H,77,93)(H,78,96)(H,79,97)(H,80,101)(H,81,98)(H,82,94)(H,83,99)(H,84,102)(H,85,103)(H,86,100)(H,91,92)(H,104,105)/t40-,45+,47+,48+,49+,50+,51+,52+,53+,54+,55+,56+,59+/m1/s1. The van der Waals surface area contributed by atoms with Gasteiger partial charge in [-0.1, -0.05) is 120 Å². The van der Waals surface area contributed by atoms with E-state index in [9.17, 15) is 92.7 Å². The number of nitrogens with two attached hydrogens (primary N) is 3. The third-order valence-corrected chi connectivity index (χ3v) is 16.6. The van der Waals surface area contributed by atoms with Gasteiger partial charge in [-0.2, -0.15) is 0 Å². The first-order chi connectivity index (χ1) is 49.6. The Balaban J connectivity index is 1.52. The first kappa shape index (κ1) is 87.0. The zero-order chi connectivity index (χ0) is 78.2. The number of aromatic nitrogens is 1. The van der Waals surface area contributed by atoms with Crippen LogP contribution in [0, 0.1) is 17.8 Å². The molecule has 4 aromatic rings. The first-order valence-corrected chi connectivity index (χ1v) is 34.7. The van der Waals surface area contributed by atoms with Gasteiger partial charge in [-0.3, -0.25) is 62.3 Å². The minimum Gasteiger partial charge on any atom is -0.481 e. The highest BCUT2D eigenvalue weighted by molar-refractivity contribution is 6.00. The molecule has 34 heteroatoms. The van der Waals surface area contributed by atoms with Crippen LogP contribution in [-0.4, -0.2) is 212 Å². The molecule has 12 amide bonds. The molecule has 0 unspecified atom stereocenters. The molecule has 3 aromatic carbocycles. The summed E-state index contributed by atoms with van der Waals surface area (Å²) in [5, 5.41) is 78.9. The van der Waals surface area contributed by atoms with Crippen LogP contribution in [-0.2, 0) is 86.4 Å². The Hall–Kier alpha value is -10.4. The number of hydrogen-bond donors (Lipinski definition) is 20. The minimum atomic E-state index is -1.94. The van der Waals surface area contributed by atoms with Gasteiger partial charge < -0.3 is 106 Å². The Morgan fingerprint density at radius 3 is 1.20 bits per heavy atom. The van der Waals surface area contributed by atoms with E-state index in [4.69, 9.17) is 17.2 Å². The van der Waals surface area contributed by atoms with Gasteiger partial charge in [0.1, 0.15) is 66.5 Å². The number of carboxylic acid groups (broad SMARTS) is 2. The lowest BCUT2D eigenvalue weighted by Gasteiger charge is -2.29. The number of aliphatic carboxylic acids is 2. The van der Waals surface area contributed by atoms with Crippen molar-refractivity contribution < 1.29 is 92.7 Å². The molecule has 0 bridgehead atoms. The fourth-order valence-electron chi connectivity index (χ4n) is 11.2. The summed E-state index contributed by atoms with van der Waals surface area (Å²) in [4.78, 5) is 194. The van der Waals surface area contributed by atoms with Gasteiger partial charge in [0, 0.05) is 36.4 Å². The second-order valence-electron chi connectivity index (χ2n) is 27.0. The highest BCUT2D eigenvalue weighted by atomic mass is 16.4. The fourth-order valence-corrected chi connectivity index (χ4v) is 11.2. The third-order valence-electron chi connectivity index (χ3n) is 16.6. The molecule has 0 spiro atoms. The molecule has 0 aliphatic rings. The molecule has 105 heavy (non-hydrogen) atoms. The van der Waals surface area contributed by atoms with Crippen molar-refractivity contribution in [2.24, 2.45) is 35.0 Å². The van der Waals surface area contributed by atoms with Crippen molar-refractivity contribution in [2.45, 2.75) is 198 Å². The van der Waals surface area contributed by atoms with Gasteiger partial charge in [-0.25, -0.2) is 4.79 Å². The van der Waals surface area contributed by atoms with Crippen molar-refractivity contribution in [3.63, 3.8) is 0 Å². The van der Waals surface area contributed by atoms with Crippen LogP contribution >= 0.6 is 0 Å². The summed E-state index contributed by atoms with van der Waals surface area (Å²) >= 11 is 0. The monoisotopic (exact) mass is 1470 g/mol. The van der Waals surface area contributed by atoms with Crippen molar-refractivity contribution in [1.29, 1.82) is 0 Å². The van der Waals surface area contributed by atoms with E-state index in [1.54, 1.807) is 133 Å². The lowest BCUT2D eigenvalue weighted by molar-refractivity contribution is -0.143. The number of rotatable bonds is 46. The number of amides is 12. The number of H-pyrrole nitrogens is 1. The predicted molar refractivity (Wildman–Crippen MR) is 382 cm³/mol. The average molecular weight is 1470 g/mol. The summed E-state index contributed by atoms with van der Waals surface area (Å²) in [6.07, 6.45) is -1.69. The molecule has 23 N–H and O–H groups in total. The van der Waals surface area contributed by atoms with Crippen LogP contribution in [0.15, 0.2) is 91.1 Å². The van der Waals surface area contributed by atoms with Gasteiger partial charge in [0.05, 0.1) is 38.2 Å². The molecule has 0 fully saturated rings. The SMILES string of the molecule is CC(C)C[C@H](NC(=O)[C@H](CC(C)C)NC(=O)[C@H](CC(C)C)NC(=O)[C@H](CO)NC(=O)[C@H](CO)NC(=O)[C@@H](NC(=O)[C@H](Cc1ccccc1)NC(=O)[C@H](Cc1ccccc1)NC(=O)[C@@H](N)CC(=O)O)[C@@H](C)O)C(=O)N[C@@H](CCCCN)C(=O)N[C@@H](Cc1c[nH]c2ccccc12)C(=O)N[C@@H](CC(N)=O)C(=O)O. The zero-order valence-electron chi connectivity index (χ0n) is 60.0. The van der Waals surface area contributed by atoms with Gasteiger partial charge in [0.2, 0.25) is 70.9 Å². The summed E-state index contributed by atoms with van der Waals surface area (Å²) < 4.78 is 0. The second kappa shape index (κ2) is 43.6. The Morgan fingerprint density at radius 2 is 0.781 bits per heavy atom. The number of aromatic amines is 1. The number of aliphatic hydroxyl groups is 3. The van der Waals surface area contributed by atoms with Gasteiger partial charge in [-0.15, -0.1) is 0 Å². The number of benzene rings is 3. The summed E-state index contributed by atoms with van der Waals surface area (Å²) in [5.74, 6) is -16.0. The van der Waals surface area contributed by atoms with Crippen LogP contribution < -0.4 is 75.7 Å². The number of nitrogens with one attached hydrogen (secondary N) is 12. The molecule has 1 heterocycles. The van der Waals surface area contributed by atoms with E-state index in [0.717, 1.165) is 6.92 Å². The molecule has 4 rings (SSSR count). The number of para-hydroxylation sites is 1. The molecule has 0 saturated carbocycles. The Kier molecular flexibility index (Phi) is 36.1. The van der Waals surface area contributed by atoms with E-state index in [1.165, 1.54) is 0 Å². The van der Waals surface area contributed by atoms with Gasteiger partial charge in [0.25, 0.3) is 0 Å². The lowest BCUT2D eigenvalue weighted by atomic mass is 9.98. The molecular weight excluding hydrogens is 1370 g/mol.